The maximum Gasteiger partial charge on any atom is 0.409 e. The van der Waals surface area contributed by atoms with Crippen LogP contribution in [-0.2, 0) is 11.3 Å². The number of ether oxygens (including phenoxy) is 1. The number of piperazine rings is 1. The molecule has 0 bridgehead atoms. The molecular formula is C18H21FN4O4. The zero-order valence-corrected chi connectivity index (χ0v) is 15.3. The summed E-state index contributed by atoms with van der Waals surface area (Å²) in [5.74, 6) is -1.06. The topological polar surface area (TPSA) is 84.7 Å². The Labute approximate surface area is 155 Å². The first kappa shape index (κ1) is 18.8. The predicted octanol–water partition coefficient (Wildman–Crippen LogP) is 1.47. The Balaban J connectivity index is 1.87. The van der Waals surface area contributed by atoms with E-state index in [1.807, 2.05) is 6.92 Å². The molecule has 1 fully saturated rings. The predicted molar refractivity (Wildman–Crippen MR) is 96.1 cm³/mol. The largest absolute Gasteiger partial charge is 0.450 e. The average molecular weight is 376 g/mol. The highest BCUT2D eigenvalue weighted by atomic mass is 19.1. The third kappa shape index (κ3) is 3.62. The van der Waals surface area contributed by atoms with E-state index in [1.165, 1.54) is 26.6 Å². The number of aryl methyl sites for hydroxylation is 1. The van der Waals surface area contributed by atoms with Crippen molar-refractivity contribution in [1.29, 1.82) is 0 Å². The second kappa shape index (κ2) is 7.73. The highest BCUT2D eigenvalue weighted by Gasteiger charge is 2.28. The zero-order chi connectivity index (χ0) is 19.6. The minimum atomic E-state index is -0.591. The lowest BCUT2D eigenvalue weighted by Gasteiger charge is -2.33. The fourth-order valence-electron chi connectivity index (χ4n) is 3.10. The van der Waals surface area contributed by atoms with Gasteiger partial charge in [0.15, 0.2) is 5.69 Å². The molecule has 1 aromatic carbocycles. The number of carbonyl (C=O) groups is 2. The summed E-state index contributed by atoms with van der Waals surface area (Å²) in [6, 6.07) is 3.86. The van der Waals surface area contributed by atoms with Crippen LogP contribution < -0.4 is 5.43 Å². The molecule has 0 atom stereocenters. The van der Waals surface area contributed by atoms with E-state index in [-0.39, 0.29) is 30.8 Å². The molecule has 3 rings (SSSR count). The Kier molecular flexibility index (Phi) is 5.38. The van der Waals surface area contributed by atoms with Crippen LogP contribution in [0.15, 0.2) is 23.0 Å². The summed E-state index contributed by atoms with van der Waals surface area (Å²) in [5, 5.41) is 4.32. The summed E-state index contributed by atoms with van der Waals surface area (Å²) >= 11 is 0. The Hall–Kier alpha value is -2.97. The molecule has 1 aliphatic rings. The third-order valence-electron chi connectivity index (χ3n) is 4.51. The molecule has 2 amide bonds. The lowest BCUT2D eigenvalue weighted by Crippen LogP contribution is -2.51. The van der Waals surface area contributed by atoms with Crippen molar-refractivity contribution >= 4 is 22.9 Å². The molecule has 2 aromatic rings. The minimum Gasteiger partial charge on any atom is -0.450 e. The number of halogens is 1. The SMILES string of the molecule is CCOC(=O)N1CCN(C(=O)c2nn(CC)c3ccc(F)cc3c2=O)CC1. The quantitative estimate of drug-likeness (QED) is 0.810. The Bertz CT molecular complexity index is 935. The molecule has 9 heteroatoms. The lowest BCUT2D eigenvalue weighted by atomic mass is 10.1. The molecule has 1 aliphatic heterocycles. The molecule has 0 radical (unpaired) electrons. The van der Waals surface area contributed by atoms with Crippen molar-refractivity contribution in [3.63, 3.8) is 0 Å². The molecule has 1 aromatic heterocycles. The standard InChI is InChI=1S/C18H21FN4O4/c1-3-23-14-6-5-12(19)11-13(14)16(24)15(20-23)17(25)21-7-9-22(10-8-21)18(26)27-4-2/h5-6,11H,3-4,7-10H2,1-2H3. The van der Waals surface area contributed by atoms with E-state index in [1.54, 1.807) is 6.92 Å². The highest BCUT2D eigenvalue weighted by Crippen LogP contribution is 2.14. The van der Waals surface area contributed by atoms with Crippen LogP contribution in [0.25, 0.3) is 10.9 Å². The van der Waals surface area contributed by atoms with Crippen LogP contribution in [-0.4, -0.2) is 64.4 Å². The van der Waals surface area contributed by atoms with Gasteiger partial charge in [-0.25, -0.2) is 9.18 Å². The molecule has 2 heterocycles. The van der Waals surface area contributed by atoms with E-state index in [2.05, 4.69) is 5.10 Å². The van der Waals surface area contributed by atoms with Crippen LogP contribution in [0, 0.1) is 5.82 Å². The Morgan fingerprint density at radius 1 is 1.15 bits per heavy atom. The number of rotatable bonds is 3. The second-order valence-corrected chi connectivity index (χ2v) is 6.13. The Morgan fingerprint density at radius 2 is 1.81 bits per heavy atom. The van der Waals surface area contributed by atoms with Gasteiger partial charge in [-0.1, -0.05) is 0 Å². The van der Waals surface area contributed by atoms with Crippen LogP contribution in [0.3, 0.4) is 0 Å². The van der Waals surface area contributed by atoms with Gasteiger partial charge in [-0.15, -0.1) is 0 Å². The number of nitrogens with zero attached hydrogens (tertiary/aromatic N) is 4. The van der Waals surface area contributed by atoms with Gasteiger partial charge in [-0.3, -0.25) is 14.3 Å². The normalized spacial score (nSPS) is 14.5. The monoisotopic (exact) mass is 376 g/mol. The maximum absolute atomic E-state index is 13.6. The first-order chi connectivity index (χ1) is 13.0. The molecule has 0 N–H and O–H groups in total. The zero-order valence-electron chi connectivity index (χ0n) is 15.3. The van der Waals surface area contributed by atoms with E-state index in [9.17, 15) is 18.8 Å². The van der Waals surface area contributed by atoms with E-state index < -0.39 is 23.2 Å². The van der Waals surface area contributed by atoms with E-state index in [0.29, 0.717) is 25.2 Å². The van der Waals surface area contributed by atoms with Gasteiger partial charge in [-0.2, -0.15) is 5.10 Å². The summed E-state index contributed by atoms with van der Waals surface area (Å²) in [6.07, 6.45) is -0.419. The molecule has 0 spiro atoms. The molecule has 1 saturated heterocycles. The maximum atomic E-state index is 13.6. The number of fused-ring (bicyclic) bond motifs is 1. The van der Waals surface area contributed by atoms with Crippen LogP contribution in [0.5, 0.6) is 0 Å². The van der Waals surface area contributed by atoms with E-state index in [4.69, 9.17) is 4.74 Å². The molecule has 0 aliphatic carbocycles. The third-order valence-corrected chi connectivity index (χ3v) is 4.51. The summed E-state index contributed by atoms with van der Waals surface area (Å²) in [4.78, 5) is 40.3. The van der Waals surface area contributed by atoms with Crippen LogP contribution in [0.1, 0.15) is 24.3 Å². The fourth-order valence-corrected chi connectivity index (χ4v) is 3.10. The van der Waals surface area contributed by atoms with Crippen LogP contribution in [0.2, 0.25) is 0 Å². The average Bonchev–Trinajstić information content (AvgIpc) is 2.68. The molecular weight excluding hydrogens is 355 g/mol. The fraction of sp³-hybridized carbons (Fsp3) is 0.444. The van der Waals surface area contributed by atoms with Gasteiger partial charge in [0.2, 0.25) is 5.43 Å². The highest BCUT2D eigenvalue weighted by molar-refractivity contribution is 5.95. The number of amides is 2. The summed E-state index contributed by atoms with van der Waals surface area (Å²) in [7, 11) is 0. The van der Waals surface area contributed by atoms with Crippen LogP contribution in [0.4, 0.5) is 9.18 Å². The van der Waals surface area contributed by atoms with Crippen molar-refractivity contribution in [2.24, 2.45) is 0 Å². The first-order valence-electron chi connectivity index (χ1n) is 8.87. The van der Waals surface area contributed by atoms with Gasteiger partial charge in [0.05, 0.1) is 17.5 Å². The van der Waals surface area contributed by atoms with Crippen molar-refractivity contribution in [2.45, 2.75) is 20.4 Å². The lowest BCUT2D eigenvalue weighted by molar-refractivity contribution is 0.0563. The summed E-state index contributed by atoms with van der Waals surface area (Å²) < 4.78 is 20.1. The van der Waals surface area contributed by atoms with Gasteiger partial charge in [-0.05, 0) is 32.0 Å². The van der Waals surface area contributed by atoms with Crippen molar-refractivity contribution < 1.29 is 18.7 Å². The number of carbonyl (C=O) groups excluding carboxylic acids is 2. The number of hydrogen-bond acceptors (Lipinski definition) is 5. The van der Waals surface area contributed by atoms with Crippen molar-refractivity contribution in [2.75, 3.05) is 32.8 Å². The Morgan fingerprint density at radius 3 is 2.44 bits per heavy atom. The molecule has 0 unspecified atom stereocenters. The molecule has 27 heavy (non-hydrogen) atoms. The van der Waals surface area contributed by atoms with Gasteiger partial charge >= 0.3 is 6.09 Å². The van der Waals surface area contributed by atoms with E-state index in [0.717, 1.165) is 6.07 Å². The van der Waals surface area contributed by atoms with Crippen LogP contribution >= 0.6 is 0 Å². The van der Waals surface area contributed by atoms with Crippen molar-refractivity contribution in [3.8, 4) is 0 Å². The second-order valence-electron chi connectivity index (χ2n) is 6.13. The van der Waals surface area contributed by atoms with Gasteiger partial charge in [0, 0.05) is 32.7 Å². The molecule has 144 valence electrons. The van der Waals surface area contributed by atoms with Crippen molar-refractivity contribution in [3.05, 3.63) is 39.9 Å². The smallest absolute Gasteiger partial charge is 0.409 e. The van der Waals surface area contributed by atoms with Gasteiger partial charge in [0.1, 0.15) is 5.82 Å². The first-order valence-corrected chi connectivity index (χ1v) is 8.87. The molecule has 0 saturated carbocycles. The summed E-state index contributed by atoms with van der Waals surface area (Å²) in [6.45, 7) is 5.43. The van der Waals surface area contributed by atoms with Gasteiger partial charge < -0.3 is 14.5 Å². The number of hydrogen-bond donors (Lipinski definition) is 0. The molecule has 8 nitrogen and oxygen atoms in total. The van der Waals surface area contributed by atoms with Gasteiger partial charge in [0.25, 0.3) is 5.91 Å². The van der Waals surface area contributed by atoms with E-state index >= 15 is 0 Å². The summed E-state index contributed by atoms with van der Waals surface area (Å²) in [5.41, 5.74) is -0.348. The number of benzene rings is 1. The number of aromatic nitrogens is 2. The van der Waals surface area contributed by atoms with Crippen molar-refractivity contribution in [1.82, 2.24) is 19.6 Å². The minimum absolute atomic E-state index is 0.125.